The summed E-state index contributed by atoms with van der Waals surface area (Å²) in [4.78, 5) is 0. The number of ether oxygens (including phenoxy) is 1. The topological polar surface area (TPSA) is 21.3 Å². The number of nitrogens with one attached hydrogen (secondary N) is 1. The van der Waals surface area contributed by atoms with Gasteiger partial charge >= 0.3 is 0 Å². The van der Waals surface area contributed by atoms with Crippen LogP contribution >= 0.6 is 0 Å². The molecule has 18 heavy (non-hydrogen) atoms. The Morgan fingerprint density at radius 3 is 2.50 bits per heavy atom. The maximum absolute atomic E-state index is 13.6. The van der Waals surface area contributed by atoms with Crippen molar-refractivity contribution >= 4 is 0 Å². The zero-order chi connectivity index (χ0) is 13.8. The molecule has 0 heterocycles. The molecule has 0 fully saturated rings. The van der Waals surface area contributed by atoms with Crippen molar-refractivity contribution in [3.63, 3.8) is 0 Å². The SMILES string of the molecule is COc1ccc(CC(C)(C)CNC(C)C)cc1F. The molecule has 3 heteroatoms. The summed E-state index contributed by atoms with van der Waals surface area (Å²) >= 11 is 0. The molecule has 0 aliphatic carbocycles. The van der Waals surface area contributed by atoms with Crippen molar-refractivity contribution in [2.45, 2.75) is 40.2 Å². The lowest BCUT2D eigenvalue weighted by molar-refractivity contribution is 0.324. The monoisotopic (exact) mass is 253 g/mol. The molecule has 102 valence electrons. The molecule has 0 spiro atoms. The van der Waals surface area contributed by atoms with Crippen LogP contribution in [0.5, 0.6) is 5.75 Å². The fourth-order valence-corrected chi connectivity index (χ4v) is 1.92. The molecule has 0 aromatic heterocycles. The third-order valence-electron chi connectivity index (χ3n) is 2.89. The molecule has 0 unspecified atom stereocenters. The van der Waals surface area contributed by atoms with Gasteiger partial charge in [0.1, 0.15) is 0 Å². The van der Waals surface area contributed by atoms with Gasteiger partial charge in [-0.25, -0.2) is 4.39 Å². The summed E-state index contributed by atoms with van der Waals surface area (Å²) in [7, 11) is 1.48. The van der Waals surface area contributed by atoms with Gasteiger partial charge in [0.05, 0.1) is 7.11 Å². The van der Waals surface area contributed by atoms with Gasteiger partial charge in [-0.3, -0.25) is 0 Å². The molecule has 0 saturated carbocycles. The summed E-state index contributed by atoms with van der Waals surface area (Å²) in [6.45, 7) is 9.54. The molecule has 0 bridgehead atoms. The normalized spacial score (nSPS) is 11.9. The Balaban J connectivity index is 2.68. The molecule has 1 rings (SSSR count). The van der Waals surface area contributed by atoms with Gasteiger partial charge in [0.15, 0.2) is 11.6 Å². The van der Waals surface area contributed by atoms with Crippen LogP contribution in [0.3, 0.4) is 0 Å². The summed E-state index contributed by atoms with van der Waals surface area (Å²) in [5, 5.41) is 3.42. The van der Waals surface area contributed by atoms with E-state index in [-0.39, 0.29) is 11.2 Å². The standard InChI is InChI=1S/C15H24FNO/c1-11(2)17-10-15(3,4)9-12-6-7-14(18-5)13(16)8-12/h6-8,11,17H,9-10H2,1-5H3. The van der Waals surface area contributed by atoms with Crippen molar-refractivity contribution in [3.05, 3.63) is 29.6 Å². The van der Waals surface area contributed by atoms with Gasteiger partial charge < -0.3 is 10.1 Å². The minimum atomic E-state index is -0.289. The third-order valence-corrected chi connectivity index (χ3v) is 2.89. The smallest absolute Gasteiger partial charge is 0.165 e. The van der Waals surface area contributed by atoms with Crippen molar-refractivity contribution in [2.24, 2.45) is 5.41 Å². The van der Waals surface area contributed by atoms with E-state index in [2.05, 4.69) is 33.0 Å². The Kier molecular flexibility index (Phi) is 5.15. The van der Waals surface area contributed by atoms with Crippen LogP contribution in [0.4, 0.5) is 4.39 Å². The van der Waals surface area contributed by atoms with E-state index in [0.29, 0.717) is 11.8 Å². The number of rotatable bonds is 6. The molecule has 1 N–H and O–H groups in total. The van der Waals surface area contributed by atoms with Crippen molar-refractivity contribution in [2.75, 3.05) is 13.7 Å². The Morgan fingerprint density at radius 2 is 2.00 bits per heavy atom. The summed E-state index contributed by atoms with van der Waals surface area (Å²) in [6, 6.07) is 5.66. The summed E-state index contributed by atoms with van der Waals surface area (Å²) in [6.07, 6.45) is 0.841. The molecular weight excluding hydrogens is 229 g/mol. The van der Waals surface area contributed by atoms with Gasteiger partial charge in [-0.05, 0) is 29.5 Å². The second-order valence-corrected chi connectivity index (χ2v) is 5.85. The fourth-order valence-electron chi connectivity index (χ4n) is 1.92. The van der Waals surface area contributed by atoms with E-state index in [1.807, 2.05) is 6.07 Å². The lowest BCUT2D eigenvalue weighted by Crippen LogP contribution is -2.35. The Bertz CT molecular complexity index is 388. The molecule has 0 saturated heterocycles. The van der Waals surface area contributed by atoms with Crippen molar-refractivity contribution in [3.8, 4) is 5.75 Å². The molecule has 0 atom stereocenters. The average Bonchev–Trinajstić information content (AvgIpc) is 2.26. The fraction of sp³-hybridized carbons (Fsp3) is 0.600. The zero-order valence-electron chi connectivity index (χ0n) is 12.0. The van der Waals surface area contributed by atoms with Crippen molar-refractivity contribution in [1.29, 1.82) is 0 Å². The lowest BCUT2D eigenvalue weighted by atomic mass is 9.85. The zero-order valence-corrected chi connectivity index (χ0v) is 12.0. The van der Waals surface area contributed by atoms with E-state index in [0.717, 1.165) is 18.5 Å². The van der Waals surface area contributed by atoms with Crippen molar-refractivity contribution < 1.29 is 9.13 Å². The lowest BCUT2D eigenvalue weighted by Gasteiger charge is -2.26. The average molecular weight is 253 g/mol. The molecule has 1 aromatic rings. The van der Waals surface area contributed by atoms with Gasteiger partial charge in [-0.15, -0.1) is 0 Å². The van der Waals surface area contributed by atoms with Crippen LogP contribution in [-0.2, 0) is 6.42 Å². The molecule has 0 aliphatic rings. The summed E-state index contributed by atoms with van der Waals surface area (Å²) in [5.74, 6) is 0.0134. The quantitative estimate of drug-likeness (QED) is 0.839. The van der Waals surface area contributed by atoms with Gasteiger partial charge in [0.2, 0.25) is 0 Å². The van der Waals surface area contributed by atoms with E-state index < -0.39 is 0 Å². The Hall–Kier alpha value is -1.09. The van der Waals surface area contributed by atoms with Crippen LogP contribution in [0, 0.1) is 11.2 Å². The highest BCUT2D eigenvalue weighted by Crippen LogP contribution is 2.24. The number of hydrogen-bond donors (Lipinski definition) is 1. The Morgan fingerprint density at radius 1 is 1.33 bits per heavy atom. The van der Waals surface area contributed by atoms with E-state index in [1.165, 1.54) is 7.11 Å². The first-order valence-corrected chi connectivity index (χ1v) is 6.40. The van der Waals surface area contributed by atoms with Crippen molar-refractivity contribution in [1.82, 2.24) is 5.32 Å². The van der Waals surface area contributed by atoms with Crippen LogP contribution in [0.25, 0.3) is 0 Å². The predicted molar refractivity (Wildman–Crippen MR) is 73.6 cm³/mol. The van der Waals surface area contributed by atoms with Crippen LogP contribution < -0.4 is 10.1 Å². The molecule has 2 nitrogen and oxygen atoms in total. The largest absolute Gasteiger partial charge is 0.494 e. The minimum absolute atomic E-state index is 0.102. The minimum Gasteiger partial charge on any atom is -0.494 e. The highest BCUT2D eigenvalue weighted by molar-refractivity contribution is 5.29. The van der Waals surface area contributed by atoms with Gasteiger partial charge in [-0.1, -0.05) is 33.8 Å². The summed E-state index contributed by atoms with van der Waals surface area (Å²) < 4.78 is 18.5. The van der Waals surface area contributed by atoms with E-state index in [9.17, 15) is 4.39 Å². The maximum atomic E-state index is 13.6. The third kappa shape index (κ3) is 4.65. The first-order chi connectivity index (χ1) is 8.34. The first-order valence-electron chi connectivity index (χ1n) is 6.40. The van der Waals surface area contributed by atoms with E-state index >= 15 is 0 Å². The maximum Gasteiger partial charge on any atom is 0.165 e. The number of hydrogen-bond acceptors (Lipinski definition) is 2. The van der Waals surface area contributed by atoms with E-state index in [4.69, 9.17) is 4.74 Å². The highest BCUT2D eigenvalue weighted by atomic mass is 19.1. The van der Waals surface area contributed by atoms with Crippen LogP contribution in [0.1, 0.15) is 33.3 Å². The van der Waals surface area contributed by atoms with E-state index in [1.54, 1.807) is 12.1 Å². The second kappa shape index (κ2) is 6.19. The van der Waals surface area contributed by atoms with Gasteiger partial charge in [-0.2, -0.15) is 0 Å². The number of benzene rings is 1. The van der Waals surface area contributed by atoms with Crippen LogP contribution in [0.15, 0.2) is 18.2 Å². The van der Waals surface area contributed by atoms with Crippen LogP contribution in [0.2, 0.25) is 0 Å². The predicted octanol–water partition coefficient (Wildman–Crippen LogP) is 3.40. The molecular formula is C15H24FNO. The van der Waals surface area contributed by atoms with Gasteiger partial charge in [0.25, 0.3) is 0 Å². The molecule has 1 aromatic carbocycles. The highest BCUT2D eigenvalue weighted by Gasteiger charge is 2.19. The molecule has 0 radical (unpaired) electrons. The number of methoxy groups -OCH3 is 1. The number of halogens is 1. The second-order valence-electron chi connectivity index (χ2n) is 5.85. The molecule has 0 aliphatic heterocycles. The Labute approximate surface area is 110 Å². The van der Waals surface area contributed by atoms with Crippen LogP contribution in [-0.4, -0.2) is 19.7 Å². The summed E-state index contributed by atoms with van der Waals surface area (Å²) in [5.41, 5.74) is 1.11. The molecule has 0 amide bonds. The first kappa shape index (κ1) is 15.0. The van der Waals surface area contributed by atoms with Gasteiger partial charge in [0, 0.05) is 12.6 Å².